The first-order valence-corrected chi connectivity index (χ1v) is 40.1. The highest BCUT2D eigenvalue weighted by Crippen LogP contribution is 2.42. The Morgan fingerprint density at radius 3 is 0.975 bits per heavy atom. The zero-order valence-electron chi connectivity index (χ0n) is 62.0. The molecular formula is C80H57Br6Cl4N11O17. The van der Waals surface area contributed by atoms with Crippen molar-refractivity contribution in [3.05, 3.63) is 249 Å². The van der Waals surface area contributed by atoms with Crippen LogP contribution in [0.15, 0.2) is 189 Å². The number of aryl methyl sites for hydroxylation is 2. The number of carbonyl (C=O) groups is 7. The van der Waals surface area contributed by atoms with E-state index in [-0.39, 0.29) is 73.5 Å². The maximum absolute atomic E-state index is 12.2. The number of methoxy groups -OCH3 is 2. The molecule has 5 aliphatic heterocycles. The summed E-state index contributed by atoms with van der Waals surface area (Å²) < 4.78 is 52.1. The molecule has 6 N–H and O–H groups in total. The van der Waals surface area contributed by atoms with Crippen LogP contribution >= 0.6 is 142 Å². The van der Waals surface area contributed by atoms with E-state index in [4.69, 9.17) is 89.0 Å². The molecule has 0 saturated carbocycles. The number of ether oxygens (including phenoxy) is 9. The molecule has 5 aromatic carbocycles. The molecule has 0 bridgehead atoms. The molecule has 0 atom stereocenters. The highest BCUT2D eigenvalue weighted by molar-refractivity contribution is 9.12. The Labute approximate surface area is 742 Å². The molecule has 38 heteroatoms. The lowest BCUT2D eigenvalue weighted by atomic mass is 10.1. The van der Waals surface area contributed by atoms with Crippen LogP contribution in [-0.2, 0) is 33.6 Å². The van der Waals surface area contributed by atoms with Gasteiger partial charge in [-0.15, -0.1) is 0 Å². The fourth-order valence-electron chi connectivity index (χ4n) is 10.6. The van der Waals surface area contributed by atoms with Gasteiger partial charge in [0, 0.05) is 39.3 Å². The molecule has 10 heterocycles. The van der Waals surface area contributed by atoms with Gasteiger partial charge >= 0.3 is 11.9 Å². The molecule has 0 radical (unpaired) electrons. The summed E-state index contributed by atoms with van der Waals surface area (Å²) >= 11 is 43.0. The van der Waals surface area contributed by atoms with Crippen molar-refractivity contribution < 1.29 is 81.3 Å². The number of anilines is 6. The second-order valence-corrected chi connectivity index (χ2v) is 31.4. The number of nitrogens with one attached hydrogen (secondary N) is 5. The molecule has 0 saturated heterocycles. The number of esters is 2. The average Bonchev–Trinajstić information content (AvgIpc) is 0.833. The Morgan fingerprint density at radius 2 is 0.678 bits per heavy atom. The molecular weight excluding hydrogens is 2010 g/mol. The molecule has 118 heavy (non-hydrogen) atoms. The number of phenols is 1. The summed E-state index contributed by atoms with van der Waals surface area (Å²) in [6.45, 7) is 6.36. The Morgan fingerprint density at radius 1 is 0.390 bits per heavy atom. The number of hydrogen-bond acceptors (Lipinski definition) is 23. The van der Waals surface area contributed by atoms with Gasteiger partial charge in [0.25, 0.3) is 29.5 Å². The van der Waals surface area contributed by atoms with Crippen molar-refractivity contribution in [3.8, 4) is 57.5 Å². The largest absolute Gasteiger partial charge is 0.506 e. The lowest BCUT2D eigenvalue weighted by molar-refractivity contribution is -0.132. The van der Waals surface area contributed by atoms with Crippen LogP contribution in [0.5, 0.6) is 57.5 Å². The van der Waals surface area contributed by atoms with Crippen LogP contribution < -0.4 is 74.1 Å². The summed E-state index contributed by atoms with van der Waals surface area (Å²) in [5, 5.41) is 24.0. The maximum Gasteiger partial charge on any atom is 0.308 e. The molecule has 604 valence electrons. The molecule has 15 rings (SSSR count). The highest BCUT2D eigenvalue weighted by atomic mass is 79.9. The predicted molar refractivity (Wildman–Crippen MR) is 467 cm³/mol. The Hall–Kier alpha value is -10.9. The Balaban J connectivity index is 0.000000145. The van der Waals surface area contributed by atoms with Gasteiger partial charge in [-0.05, 0) is 295 Å². The van der Waals surface area contributed by atoms with E-state index < -0.39 is 29.7 Å². The molecule has 0 spiro atoms. The maximum atomic E-state index is 12.2. The van der Waals surface area contributed by atoms with Crippen molar-refractivity contribution in [2.45, 2.75) is 27.7 Å². The van der Waals surface area contributed by atoms with Crippen LogP contribution in [0.25, 0.3) is 30.4 Å². The van der Waals surface area contributed by atoms with Gasteiger partial charge in [-0.3, -0.25) is 33.6 Å². The van der Waals surface area contributed by atoms with Gasteiger partial charge in [-0.2, -0.15) is 0 Å². The van der Waals surface area contributed by atoms with Crippen molar-refractivity contribution in [2.75, 3.05) is 59.8 Å². The number of carbonyl (C=O) groups excluding carboxylic acids is 7. The lowest BCUT2D eigenvalue weighted by Crippen LogP contribution is -2.24. The minimum Gasteiger partial charge on any atom is -0.506 e. The molecule has 0 unspecified atom stereocenters. The third-order valence-corrected chi connectivity index (χ3v) is 20.2. The smallest absolute Gasteiger partial charge is 0.308 e. The summed E-state index contributed by atoms with van der Waals surface area (Å²) in [7, 11) is 7.08. The Bertz CT molecular complexity index is 5720. The van der Waals surface area contributed by atoms with Crippen molar-refractivity contribution >= 4 is 249 Å². The molecule has 5 aromatic heterocycles. The van der Waals surface area contributed by atoms with Crippen molar-refractivity contribution in [2.24, 2.45) is 0 Å². The minimum atomic E-state index is -0.446. The van der Waals surface area contributed by atoms with Gasteiger partial charge in [0.05, 0.1) is 41.1 Å². The van der Waals surface area contributed by atoms with Gasteiger partial charge in [0.1, 0.15) is 26.4 Å². The first-order valence-electron chi connectivity index (χ1n) is 33.9. The first-order chi connectivity index (χ1) is 56.1. The average molecular weight is 2070 g/mol. The minimum absolute atomic E-state index is 0.0837. The third-order valence-electron chi connectivity index (χ3n) is 15.8. The van der Waals surface area contributed by atoms with Crippen molar-refractivity contribution in [1.82, 2.24) is 24.9 Å². The van der Waals surface area contributed by atoms with Crippen molar-refractivity contribution in [3.63, 3.8) is 0 Å². The molecule has 5 aliphatic rings. The number of nitrogens with zero attached hydrogens (tertiary/aromatic N) is 6. The predicted octanol–water partition coefficient (Wildman–Crippen LogP) is 19.7. The topological polar surface area (TPSA) is 351 Å². The van der Waals surface area contributed by atoms with Gasteiger partial charge in [-0.1, -0.05) is 58.5 Å². The molecule has 0 aliphatic carbocycles. The monoisotopic (exact) mass is 2060 g/mol. The van der Waals surface area contributed by atoms with E-state index in [0.717, 1.165) is 28.1 Å². The van der Waals surface area contributed by atoms with E-state index in [1.165, 1.54) is 13.8 Å². The van der Waals surface area contributed by atoms with E-state index in [0.29, 0.717) is 118 Å². The third kappa shape index (κ3) is 22.7. The number of halogens is 10. The van der Waals surface area contributed by atoms with E-state index in [9.17, 15) is 38.7 Å². The second-order valence-electron chi connectivity index (χ2n) is 24.8. The fourth-order valence-corrected chi connectivity index (χ4v) is 15.2. The molecule has 5 amide bonds. The summed E-state index contributed by atoms with van der Waals surface area (Å²) in [5.41, 5.74) is 6.39. The summed E-state index contributed by atoms with van der Waals surface area (Å²) in [5.74, 6) is 3.63. The number of benzene rings is 5. The molecule has 10 aromatic rings. The summed E-state index contributed by atoms with van der Waals surface area (Å²) in [4.78, 5) is 105. The number of amides is 5. The quantitative estimate of drug-likeness (QED) is 0.0320. The van der Waals surface area contributed by atoms with E-state index in [1.54, 1.807) is 148 Å². The second kappa shape index (κ2) is 39.1. The van der Waals surface area contributed by atoms with Gasteiger partial charge in [0.15, 0.2) is 110 Å². The van der Waals surface area contributed by atoms with Gasteiger partial charge < -0.3 is 79.2 Å². The van der Waals surface area contributed by atoms with Gasteiger partial charge in [-0.25, -0.2) is 24.9 Å². The number of pyridine rings is 5. The van der Waals surface area contributed by atoms with E-state index >= 15 is 0 Å². The number of rotatable bonds is 10. The number of phenolic OH excluding ortho intramolecular Hbond substituents is 1. The first kappa shape index (κ1) is 87.9. The van der Waals surface area contributed by atoms with Crippen LogP contribution in [0, 0.1) is 13.8 Å². The highest BCUT2D eigenvalue weighted by Gasteiger charge is 2.30. The normalized spacial score (nSPS) is 14.8. The number of aromatic hydroxyl groups is 1. The van der Waals surface area contributed by atoms with Crippen molar-refractivity contribution in [1.29, 1.82) is 0 Å². The van der Waals surface area contributed by atoms with E-state index in [1.807, 2.05) is 63.2 Å². The molecule has 28 nitrogen and oxygen atoms in total. The fraction of sp³-hybridized carbons (Fsp3) is 0.100. The van der Waals surface area contributed by atoms with Crippen LogP contribution in [0.2, 0.25) is 20.6 Å². The van der Waals surface area contributed by atoms with Crippen LogP contribution in [0.3, 0.4) is 0 Å². The summed E-state index contributed by atoms with van der Waals surface area (Å²) in [6.07, 6.45) is 8.02. The van der Waals surface area contributed by atoms with Crippen LogP contribution in [0.4, 0.5) is 34.8 Å². The number of aromatic nitrogens is 5. The van der Waals surface area contributed by atoms with Gasteiger partial charge in [0.2, 0.25) is 0 Å². The summed E-state index contributed by atoms with van der Waals surface area (Å²) in [6, 6.07) is 38.1. The number of hydrogen-bond donors (Lipinski definition) is 6. The number of fused-ring (bicyclic) bond motifs is 5. The Kier molecular flexibility index (Phi) is 29.1. The zero-order valence-corrected chi connectivity index (χ0v) is 74.6. The van der Waals surface area contributed by atoms with Crippen LogP contribution in [-0.4, -0.2) is 99.8 Å². The SMILES string of the molecule is CC(=O)Oc1c(Br)cc(/C=C2\Oc3ccc(C)nc3NC2=O)cc1Br.CC(=O)Oc1c(Br)cc(/C=C2\Oc3ccc(Cl)nc3NC2=O)cc1Br.CN(C)c1ccc(/C=C2\Oc3ccc(Cl)nc3NC2=O)cc1.COc1cc(/C=C2\Oc3ccc(Cl)nc3NC2=O)cc(C)c1OC.O=C1Nc2nc(Cl)ccc2O/C1=C\c1cc(Br)c(O)c(Br)c1. The van der Waals surface area contributed by atoms with E-state index in [2.05, 4.69) is 147 Å². The molecule has 0 fully saturated rings. The van der Waals surface area contributed by atoms with Crippen LogP contribution in [0.1, 0.15) is 52.9 Å². The zero-order chi connectivity index (χ0) is 85.1. The standard InChI is InChI=1S/C17H12Br2N2O4.C17H15ClN2O4.C16H9Br2ClN2O4.C16H14ClN3O2.C14H7Br2ClN2O3/c1-8-3-4-13-16(20-8)21-17(23)14(25-13)7-10-5-11(18)15(12(19)6-10)24-9(2)22;1-9-6-10(7-12(22-2)15(9)23-3)8-13-17(21)20-16-11(24-13)4-5-14(18)19-16;1-7(22)24-14-9(17)4-8(5-10(14)18)6-12-16(23)21-15-11(25-12)2-3-13(19)20-15;1-20(2)11-5-3-10(4-6-11)9-13-16(21)19-15-12(22-13)7-8-14(17)18-15;15-7-3-6(4-8(16)12(7)20)5-10-14(21)19-13-9(22-10)1-2-11(17)18-13/h3-7H,1-2H3,(H,20,21,23);4-8H,1-3H3,(H,19,20,21);2-6H,1H3,(H,20,21,23);3-9H,1-2H3,(H,18,19,21);1-5,20H,(H,18,19,21)/b14-7-;13-8-;12-6-;13-9-;10-5-. The lowest BCUT2D eigenvalue weighted by Gasteiger charge is -2.19.